The fourth-order valence-corrected chi connectivity index (χ4v) is 3.27. The van der Waals surface area contributed by atoms with Gasteiger partial charge >= 0.3 is 11.8 Å². The Morgan fingerprint density at radius 1 is 1.04 bits per heavy atom. The predicted octanol–water partition coefficient (Wildman–Crippen LogP) is 5.11. The molecule has 2 heterocycles. The van der Waals surface area contributed by atoms with Crippen molar-refractivity contribution in [3.63, 3.8) is 0 Å². The Hall–Kier alpha value is -3.09. The number of hydrogen-bond donors (Lipinski definition) is 0. The molecule has 0 unspecified atom stereocenters. The summed E-state index contributed by atoms with van der Waals surface area (Å²) in [5, 5.41) is 0.368. The van der Waals surface area contributed by atoms with Crippen LogP contribution in [0.4, 0.5) is 17.6 Å². The molecule has 2 aromatic heterocycles. The van der Waals surface area contributed by atoms with Gasteiger partial charge in [-0.3, -0.25) is 0 Å². The first-order valence-electron chi connectivity index (χ1n) is 7.66. The second-order valence-corrected chi connectivity index (χ2v) is 5.90. The molecule has 0 fully saturated rings. The fourth-order valence-electron chi connectivity index (χ4n) is 3.27. The normalized spacial score (nSPS) is 12.2. The number of aryl methyl sites for hydroxylation is 1. The van der Waals surface area contributed by atoms with Crippen molar-refractivity contribution in [1.82, 2.24) is 4.57 Å². The van der Waals surface area contributed by atoms with Crippen LogP contribution in [0, 0.1) is 5.82 Å². The van der Waals surface area contributed by atoms with Crippen molar-refractivity contribution in [3.05, 3.63) is 70.3 Å². The zero-order valence-corrected chi connectivity index (χ0v) is 13.4. The van der Waals surface area contributed by atoms with Crippen molar-refractivity contribution in [2.75, 3.05) is 0 Å². The smallest absolute Gasteiger partial charge is 0.420 e. The molecule has 132 valence electrons. The van der Waals surface area contributed by atoms with E-state index in [0.29, 0.717) is 10.9 Å². The van der Waals surface area contributed by atoms with Crippen LogP contribution in [-0.2, 0) is 13.2 Å². The van der Waals surface area contributed by atoms with Crippen LogP contribution in [0.25, 0.3) is 33.1 Å². The van der Waals surface area contributed by atoms with E-state index in [0.717, 1.165) is 0 Å². The van der Waals surface area contributed by atoms with E-state index in [1.807, 2.05) is 0 Å². The Morgan fingerprint density at radius 2 is 1.73 bits per heavy atom. The van der Waals surface area contributed by atoms with Crippen molar-refractivity contribution in [1.29, 1.82) is 0 Å². The minimum absolute atomic E-state index is 0.000599. The zero-order valence-electron chi connectivity index (χ0n) is 13.4. The predicted molar refractivity (Wildman–Crippen MR) is 89.4 cm³/mol. The molecule has 0 amide bonds. The van der Waals surface area contributed by atoms with Gasteiger partial charge in [-0.1, -0.05) is 30.3 Å². The Morgan fingerprint density at radius 3 is 2.38 bits per heavy atom. The molecule has 0 aliphatic heterocycles. The molecular weight excluding hydrogens is 350 g/mol. The van der Waals surface area contributed by atoms with Crippen LogP contribution >= 0.6 is 0 Å². The van der Waals surface area contributed by atoms with Gasteiger partial charge in [0.1, 0.15) is 5.82 Å². The molecule has 0 radical (unpaired) electrons. The van der Waals surface area contributed by atoms with Crippen molar-refractivity contribution in [2.45, 2.75) is 6.18 Å². The van der Waals surface area contributed by atoms with E-state index in [9.17, 15) is 22.4 Å². The van der Waals surface area contributed by atoms with Gasteiger partial charge in [0.25, 0.3) is 0 Å². The molecule has 7 heteroatoms. The minimum atomic E-state index is -4.90. The molecule has 0 saturated heterocycles. The van der Waals surface area contributed by atoms with E-state index < -0.39 is 23.2 Å². The number of nitrogens with zero attached hydrogens (tertiary/aromatic N) is 1. The third-order valence-corrected chi connectivity index (χ3v) is 4.35. The summed E-state index contributed by atoms with van der Waals surface area (Å²) in [5.41, 5.74) is -2.47. The summed E-state index contributed by atoms with van der Waals surface area (Å²) >= 11 is 0. The second-order valence-electron chi connectivity index (χ2n) is 5.90. The van der Waals surface area contributed by atoms with Gasteiger partial charge in [0.15, 0.2) is 11.1 Å². The van der Waals surface area contributed by atoms with E-state index in [2.05, 4.69) is 0 Å². The van der Waals surface area contributed by atoms with Gasteiger partial charge in [0, 0.05) is 18.0 Å². The lowest BCUT2D eigenvalue weighted by atomic mass is 10.00. The SMILES string of the molecule is Cn1c2cc(F)ccc2c2oc(=O)c(C(F)(F)F)c(-c3ccccc3)c21. The standard InChI is InChI=1S/C19H11F4NO2/c1-24-13-9-11(20)7-8-12(13)17-16(24)14(10-5-3-2-4-6-10)15(18(25)26-17)19(21,22)23/h2-9H,1H3. The van der Waals surface area contributed by atoms with Crippen molar-refractivity contribution < 1.29 is 22.0 Å². The Kier molecular flexibility index (Phi) is 3.44. The number of aromatic nitrogens is 1. The highest BCUT2D eigenvalue weighted by atomic mass is 19.4. The van der Waals surface area contributed by atoms with Crippen LogP contribution in [0.1, 0.15) is 5.56 Å². The molecule has 0 saturated carbocycles. The number of rotatable bonds is 1. The zero-order chi connectivity index (χ0) is 18.6. The van der Waals surface area contributed by atoms with E-state index >= 15 is 0 Å². The third kappa shape index (κ3) is 2.31. The average Bonchev–Trinajstić information content (AvgIpc) is 2.85. The largest absolute Gasteiger partial charge is 0.424 e. The molecule has 4 aromatic rings. The molecule has 2 aromatic carbocycles. The summed E-state index contributed by atoms with van der Waals surface area (Å²) in [4.78, 5) is 12.2. The molecule has 4 rings (SSSR count). The summed E-state index contributed by atoms with van der Waals surface area (Å²) in [6.45, 7) is 0. The highest BCUT2D eigenvalue weighted by Gasteiger charge is 2.40. The first-order valence-corrected chi connectivity index (χ1v) is 7.66. The van der Waals surface area contributed by atoms with Gasteiger partial charge in [0.05, 0.1) is 11.0 Å². The Balaban J connectivity index is 2.31. The van der Waals surface area contributed by atoms with Gasteiger partial charge < -0.3 is 8.98 Å². The maximum Gasteiger partial charge on any atom is 0.424 e. The topological polar surface area (TPSA) is 35.1 Å². The molecule has 0 aliphatic rings. The van der Waals surface area contributed by atoms with Gasteiger partial charge in [-0.25, -0.2) is 9.18 Å². The number of fused-ring (bicyclic) bond motifs is 3. The molecule has 0 atom stereocenters. The average molecular weight is 361 g/mol. The summed E-state index contributed by atoms with van der Waals surface area (Å²) in [6.07, 6.45) is -4.90. The minimum Gasteiger partial charge on any atom is -0.420 e. The quantitative estimate of drug-likeness (QED) is 0.442. The molecule has 0 aliphatic carbocycles. The van der Waals surface area contributed by atoms with Gasteiger partial charge in [-0.2, -0.15) is 13.2 Å². The van der Waals surface area contributed by atoms with E-state index in [1.165, 1.54) is 41.9 Å². The first-order chi connectivity index (χ1) is 12.3. The highest BCUT2D eigenvalue weighted by molar-refractivity contribution is 6.09. The maximum absolute atomic E-state index is 13.6. The third-order valence-electron chi connectivity index (χ3n) is 4.35. The van der Waals surface area contributed by atoms with Crippen LogP contribution in [-0.4, -0.2) is 4.57 Å². The first kappa shape index (κ1) is 16.4. The molecular formula is C19H11F4NO2. The van der Waals surface area contributed by atoms with Crippen LogP contribution in [0.3, 0.4) is 0 Å². The van der Waals surface area contributed by atoms with Gasteiger partial charge in [0.2, 0.25) is 0 Å². The van der Waals surface area contributed by atoms with Crippen LogP contribution in [0.15, 0.2) is 57.7 Å². The number of alkyl halides is 3. The summed E-state index contributed by atoms with van der Waals surface area (Å²) in [5.74, 6) is -0.539. The van der Waals surface area contributed by atoms with Crippen molar-refractivity contribution >= 4 is 22.0 Å². The Bertz CT molecular complexity index is 1200. The van der Waals surface area contributed by atoms with Crippen LogP contribution < -0.4 is 5.63 Å². The molecule has 0 N–H and O–H groups in total. The summed E-state index contributed by atoms with van der Waals surface area (Å²) in [6, 6.07) is 11.5. The van der Waals surface area contributed by atoms with Gasteiger partial charge in [-0.05, 0) is 23.8 Å². The van der Waals surface area contributed by atoms with E-state index in [-0.39, 0.29) is 22.2 Å². The number of halogens is 4. The van der Waals surface area contributed by atoms with Crippen LogP contribution in [0.5, 0.6) is 0 Å². The lowest BCUT2D eigenvalue weighted by Crippen LogP contribution is -2.20. The molecule has 0 bridgehead atoms. The maximum atomic E-state index is 13.6. The lowest BCUT2D eigenvalue weighted by molar-refractivity contribution is -0.139. The van der Waals surface area contributed by atoms with E-state index in [4.69, 9.17) is 4.42 Å². The second kappa shape index (κ2) is 5.45. The lowest BCUT2D eigenvalue weighted by Gasteiger charge is -2.13. The highest BCUT2D eigenvalue weighted by Crippen LogP contribution is 2.41. The summed E-state index contributed by atoms with van der Waals surface area (Å²) in [7, 11) is 1.51. The number of hydrogen-bond acceptors (Lipinski definition) is 2. The number of benzene rings is 2. The molecule has 0 spiro atoms. The van der Waals surface area contributed by atoms with E-state index in [1.54, 1.807) is 18.2 Å². The molecule has 26 heavy (non-hydrogen) atoms. The van der Waals surface area contributed by atoms with Gasteiger partial charge in [-0.15, -0.1) is 0 Å². The summed E-state index contributed by atoms with van der Waals surface area (Å²) < 4.78 is 61.0. The Labute approximate surface area is 144 Å². The fraction of sp³-hybridized carbons (Fsp3) is 0.105. The van der Waals surface area contributed by atoms with Crippen molar-refractivity contribution in [2.24, 2.45) is 7.05 Å². The molecule has 3 nitrogen and oxygen atoms in total. The van der Waals surface area contributed by atoms with Crippen molar-refractivity contribution in [3.8, 4) is 11.1 Å². The monoisotopic (exact) mass is 361 g/mol. The van der Waals surface area contributed by atoms with Crippen LogP contribution in [0.2, 0.25) is 0 Å².